The number of hydrogen-bond donors (Lipinski definition) is 0. The lowest BCUT2D eigenvalue weighted by molar-refractivity contribution is 0.880. The second-order valence-electron chi connectivity index (χ2n) is 2.09. The van der Waals surface area contributed by atoms with E-state index in [-0.39, 0.29) is 5.92 Å². The fourth-order valence-electron chi connectivity index (χ4n) is 0.705. The topological polar surface area (TPSA) is 36.1 Å². The zero-order chi connectivity index (χ0) is 6.69. The van der Waals surface area contributed by atoms with Gasteiger partial charge in [-0.2, -0.15) is 5.26 Å². The lowest BCUT2D eigenvalue weighted by Gasteiger charge is -2.03. The highest BCUT2D eigenvalue weighted by Crippen LogP contribution is 2.09. The van der Waals surface area contributed by atoms with Crippen molar-refractivity contribution in [3.05, 3.63) is 11.8 Å². The minimum Gasteiger partial charge on any atom is -0.265 e. The SMILES string of the molecule is CC1=CCC(C#N)C=N1. The first kappa shape index (κ1) is 6.03. The summed E-state index contributed by atoms with van der Waals surface area (Å²) in [5.74, 6) is 0.00806. The van der Waals surface area contributed by atoms with Crippen LogP contribution in [0.25, 0.3) is 0 Å². The third kappa shape index (κ3) is 1.39. The third-order valence-electron chi connectivity index (χ3n) is 1.29. The molecular formula is C7H8N2. The monoisotopic (exact) mass is 120 g/mol. The molecule has 1 heterocycles. The van der Waals surface area contributed by atoms with Crippen molar-refractivity contribution in [1.82, 2.24) is 0 Å². The average molecular weight is 120 g/mol. The van der Waals surface area contributed by atoms with E-state index in [0.29, 0.717) is 0 Å². The van der Waals surface area contributed by atoms with Crippen molar-refractivity contribution in [2.75, 3.05) is 0 Å². The predicted molar refractivity (Wildman–Crippen MR) is 36.0 cm³/mol. The van der Waals surface area contributed by atoms with Crippen molar-refractivity contribution in [3.8, 4) is 6.07 Å². The molecule has 46 valence electrons. The number of aliphatic imine (C=N–C) groups is 1. The molecule has 0 aliphatic carbocycles. The van der Waals surface area contributed by atoms with E-state index in [9.17, 15) is 0 Å². The molecule has 1 aliphatic rings. The lowest BCUT2D eigenvalue weighted by atomic mass is 10.1. The fraction of sp³-hybridized carbons (Fsp3) is 0.429. The van der Waals surface area contributed by atoms with Gasteiger partial charge in [0, 0.05) is 11.9 Å². The van der Waals surface area contributed by atoms with Crippen molar-refractivity contribution >= 4 is 6.21 Å². The Hall–Kier alpha value is -1.10. The van der Waals surface area contributed by atoms with E-state index in [4.69, 9.17) is 5.26 Å². The van der Waals surface area contributed by atoms with E-state index in [1.165, 1.54) is 0 Å². The number of nitrogens with zero attached hydrogens (tertiary/aromatic N) is 2. The van der Waals surface area contributed by atoms with Crippen LogP contribution in [-0.4, -0.2) is 6.21 Å². The summed E-state index contributed by atoms with van der Waals surface area (Å²) in [6, 6.07) is 2.13. The van der Waals surface area contributed by atoms with Crippen LogP contribution in [0.3, 0.4) is 0 Å². The zero-order valence-electron chi connectivity index (χ0n) is 5.33. The van der Waals surface area contributed by atoms with Gasteiger partial charge in [0.2, 0.25) is 0 Å². The second kappa shape index (κ2) is 2.45. The molecule has 9 heavy (non-hydrogen) atoms. The normalized spacial score (nSPS) is 24.9. The summed E-state index contributed by atoms with van der Waals surface area (Å²) in [6.45, 7) is 1.93. The van der Waals surface area contributed by atoms with Crippen LogP contribution in [0.1, 0.15) is 13.3 Å². The van der Waals surface area contributed by atoms with Crippen molar-refractivity contribution in [1.29, 1.82) is 5.26 Å². The molecule has 0 aromatic heterocycles. The summed E-state index contributed by atoms with van der Waals surface area (Å²) in [4.78, 5) is 4.00. The third-order valence-corrected chi connectivity index (χ3v) is 1.29. The minimum absolute atomic E-state index is 0.00806. The molecule has 1 rings (SSSR count). The lowest BCUT2D eigenvalue weighted by Crippen LogP contribution is -2.00. The Morgan fingerprint density at radius 1 is 1.89 bits per heavy atom. The van der Waals surface area contributed by atoms with Crippen LogP contribution >= 0.6 is 0 Å². The van der Waals surface area contributed by atoms with Gasteiger partial charge in [0.25, 0.3) is 0 Å². The highest BCUT2D eigenvalue weighted by molar-refractivity contribution is 5.66. The van der Waals surface area contributed by atoms with Crippen molar-refractivity contribution in [2.24, 2.45) is 10.9 Å². The van der Waals surface area contributed by atoms with Gasteiger partial charge >= 0.3 is 0 Å². The van der Waals surface area contributed by atoms with Crippen molar-refractivity contribution in [2.45, 2.75) is 13.3 Å². The average Bonchev–Trinajstić information content (AvgIpc) is 1.90. The maximum absolute atomic E-state index is 8.41. The molecule has 0 fully saturated rings. The van der Waals surface area contributed by atoms with Crippen LogP contribution < -0.4 is 0 Å². The number of nitriles is 1. The van der Waals surface area contributed by atoms with Gasteiger partial charge in [0.1, 0.15) is 0 Å². The minimum atomic E-state index is 0.00806. The highest BCUT2D eigenvalue weighted by atomic mass is 14.7. The van der Waals surface area contributed by atoms with Gasteiger partial charge in [-0.05, 0) is 13.3 Å². The van der Waals surface area contributed by atoms with E-state index >= 15 is 0 Å². The van der Waals surface area contributed by atoms with Crippen molar-refractivity contribution < 1.29 is 0 Å². The van der Waals surface area contributed by atoms with Crippen molar-refractivity contribution in [3.63, 3.8) is 0 Å². The number of allylic oxidation sites excluding steroid dienone is 2. The standard InChI is InChI=1S/C7H8N2/c1-6-2-3-7(4-8)5-9-6/h2,5,7H,3H2,1H3. The fourth-order valence-corrected chi connectivity index (χ4v) is 0.705. The summed E-state index contributed by atoms with van der Waals surface area (Å²) in [7, 11) is 0. The maximum atomic E-state index is 8.41. The Balaban J connectivity index is 2.61. The molecule has 2 nitrogen and oxygen atoms in total. The van der Waals surface area contributed by atoms with Gasteiger partial charge in [0.05, 0.1) is 12.0 Å². The van der Waals surface area contributed by atoms with Gasteiger partial charge in [-0.15, -0.1) is 0 Å². The van der Waals surface area contributed by atoms with Gasteiger partial charge < -0.3 is 0 Å². The molecule has 1 atom stereocenters. The van der Waals surface area contributed by atoms with E-state index in [2.05, 4.69) is 11.1 Å². The van der Waals surface area contributed by atoms with Gasteiger partial charge in [-0.1, -0.05) is 6.08 Å². The summed E-state index contributed by atoms with van der Waals surface area (Å²) >= 11 is 0. The summed E-state index contributed by atoms with van der Waals surface area (Å²) in [5.41, 5.74) is 1.02. The van der Waals surface area contributed by atoms with E-state index in [1.54, 1.807) is 6.21 Å². The Bertz CT molecular complexity index is 195. The van der Waals surface area contributed by atoms with Crippen LogP contribution in [0.15, 0.2) is 16.8 Å². The highest BCUT2D eigenvalue weighted by Gasteiger charge is 2.04. The molecule has 0 saturated carbocycles. The largest absolute Gasteiger partial charge is 0.265 e. The molecule has 0 saturated heterocycles. The Morgan fingerprint density at radius 3 is 3.11 bits per heavy atom. The predicted octanol–water partition coefficient (Wildman–Crippen LogP) is 1.50. The molecule has 0 bridgehead atoms. The molecule has 2 heteroatoms. The molecule has 0 aromatic rings. The van der Waals surface area contributed by atoms with Crippen LogP contribution in [-0.2, 0) is 0 Å². The van der Waals surface area contributed by atoms with Gasteiger partial charge in [-0.25, -0.2) is 0 Å². The summed E-state index contributed by atoms with van der Waals surface area (Å²) in [5, 5.41) is 8.41. The first-order valence-electron chi connectivity index (χ1n) is 2.93. The Morgan fingerprint density at radius 2 is 2.67 bits per heavy atom. The van der Waals surface area contributed by atoms with Gasteiger partial charge in [0.15, 0.2) is 0 Å². The van der Waals surface area contributed by atoms with Crippen LogP contribution in [0.4, 0.5) is 0 Å². The zero-order valence-corrected chi connectivity index (χ0v) is 5.33. The number of rotatable bonds is 0. The molecular weight excluding hydrogens is 112 g/mol. The van der Waals surface area contributed by atoms with E-state index in [0.717, 1.165) is 12.1 Å². The maximum Gasteiger partial charge on any atom is 0.0850 e. The Labute approximate surface area is 54.5 Å². The summed E-state index contributed by atoms with van der Waals surface area (Å²) in [6.07, 6.45) is 4.51. The first-order valence-corrected chi connectivity index (χ1v) is 2.93. The number of hydrogen-bond acceptors (Lipinski definition) is 2. The second-order valence-corrected chi connectivity index (χ2v) is 2.09. The smallest absolute Gasteiger partial charge is 0.0850 e. The first-order chi connectivity index (χ1) is 4.33. The molecule has 0 aromatic carbocycles. The molecule has 0 amide bonds. The molecule has 1 unspecified atom stereocenters. The summed E-state index contributed by atoms with van der Waals surface area (Å²) < 4.78 is 0. The van der Waals surface area contributed by atoms with E-state index in [1.807, 2.05) is 13.0 Å². The Kier molecular flexibility index (Phi) is 1.64. The van der Waals surface area contributed by atoms with Crippen LogP contribution in [0, 0.1) is 17.2 Å². The molecule has 1 aliphatic heterocycles. The quantitative estimate of drug-likeness (QED) is 0.477. The van der Waals surface area contributed by atoms with E-state index < -0.39 is 0 Å². The van der Waals surface area contributed by atoms with Gasteiger partial charge in [-0.3, -0.25) is 4.99 Å². The molecule has 0 N–H and O–H groups in total. The molecule has 0 spiro atoms. The van der Waals surface area contributed by atoms with Crippen LogP contribution in [0.2, 0.25) is 0 Å². The van der Waals surface area contributed by atoms with Crippen LogP contribution in [0.5, 0.6) is 0 Å². The molecule has 0 radical (unpaired) electrons.